The van der Waals surface area contributed by atoms with Gasteiger partial charge in [-0.3, -0.25) is 0 Å². The van der Waals surface area contributed by atoms with Crippen LogP contribution in [0.15, 0.2) is 12.5 Å². The van der Waals surface area contributed by atoms with Crippen molar-refractivity contribution in [2.75, 3.05) is 20.1 Å². The summed E-state index contributed by atoms with van der Waals surface area (Å²) < 4.78 is 1.88. The lowest BCUT2D eigenvalue weighted by molar-refractivity contribution is 0.255. The quantitative estimate of drug-likeness (QED) is 0.525. The molecule has 1 N–H and O–H groups in total. The number of hydrogen-bond acceptors (Lipinski definition) is 5. The van der Waals surface area contributed by atoms with Crippen LogP contribution < -0.4 is 0 Å². The van der Waals surface area contributed by atoms with Crippen LogP contribution in [0, 0.1) is 13.8 Å². The van der Waals surface area contributed by atoms with Gasteiger partial charge in [0.1, 0.15) is 16.7 Å². The van der Waals surface area contributed by atoms with E-state index in [1.165, 1.54) is 50.6 Å². The van der Waals surface area contributed by atoms with Gasteiger partial charge in [-0.15, -0.1) is 11.3 Å². The molecule has 1 aliphatic rings. The molecular weight excluding hydrogens is 380 g/mol. The van der Waals surface area contributed by atoms with Gasteiger partial charge in [-0.1, -0.05) is 13.8 Å². The van der Waals surface area contributed by atoms with Gasteiger partial charge in [0.05, 0.1) is 10.7 Å². The van der Waals surface area contributed by atoms with E-state index in [1.807, 2.05) is 15.9 Å². The van der Waals surface area contributed by atoms with Crippen LogP contribution in [0.5, 0.6) is 0 Å². The van der Waals surface area contributed by atoms with Gasteiger partial charge < -0.3 is 9.88 Å². The monoisotopic (exact) mass is 408 g/mol. The molecule has 0 atom stereocenters. The third-order valence-electron chi connectivity index (χ3n) is 6.45. The summed E-state index contributed by atoms with van der Waals surface area (Å²) >= 11 is 1.85. The largest absolute Gasteiger partial charge is 0.345 e. The molecule has 1 saturated heterocycles. The molecule has 4 aromatic heterocycles. The van der Waals surface area contributed by atoms with E-state index >= 15 is 0 Å². The summed E-state index contributed by atoms with van der Waals surface area (Å²) in [6, 6.07) is 0. The zero-order valence-electron chi connectivity index (χ0n) is 17.8. The van der Waals surface area contributed by atoms with E-state index in [0.717, 1.165) is 24.3 Å². The average molecular weight is 409 g/mol. The first-order valence-corrected chi connectivity index (χ1v) is 11.3. The molecule has 5 rings (SSSR count). The number of rotatable bonds is 3. The Morgan fingerprint density at radius 3 is 2.66 bits per heavy atom. The van der Waals surface area contributed by atoms with Crippen LogP contribution in [0.1, 0.15) is 60.2 Å². The number of likely N-dealkylation sites (tertiary alicyclic amines) is 1. The molecule has 7 heteroatoms. The minimum absolute atomic E-state index is 0.386. The molecule has 1 aliphatic heterocycles. The number of pyridine rings is 1. The maximum absolute atomic E-state index is 5.17. The van der Waals surface area contributed by atoms with Crippen LogP contribution in [0.3, 0.4) is 0 Å². The molecular formula is C22H28N6S. The van der Waals surface area contributed by atoms with Gasteiger partial charge in [-0.05, 0) is 63.9 Å². The number of nitrogens with zero attached hydrogens (tertiary/aromatic N) is 5. The first-order chi connectivity index (χ1) is 13.9. The molecule has 0 saturated carbocycles. The molecule has 152 valence electrons. The van der Waals surface area contributed by atoms with Gasteiger partial charge in [0.2, 0.25) is 0 Å². The first kappa shape index (κ1) is 18.8. The zero-order chi connectivity index (χ0) is 20.3. The number of piperidine rings is 1. The van der Waals surface area contributed by atoms with E-state index in [2.05, 4.69) is 60.9 Å². The Bertz CT molecular complexity index is 1190. The minimum atomic E-state index is 0.386. The average Bonchev–Trinajstić information content (AvgIpc) is 3.38. The molecule has 0 radical (unpaired) electrons. The Hall–Kier alpha value is -2.25. The summed E-state index contributed by atoms with van der Waals surface area (Å²) in [7, 11) is 2.21. The lowest BCUT2D eigenvalue weighted by Crippen LogP contribution is -2.29. The Kier molecular flexibility index (Phi) is 4.47. The second kappa shape index (κ2) is 6.92. The summed E-state index contributed by atoms with van der Waals surface area (Å²) in [6.07, 6.45) is 6.14. The highest BCUT2D eigenvalue weighted by Crippen LogP contribution is 2.41. The number of thiazole rings is 1. The van der Waals surface area contributed by atoms with Crippen molar-refractivity contribution in [2.24, 2.45) is 0 Å². The highest BCUT2D eigenvalue weighted by Gasteiger charge is 2.26. The van der Waals surface area contributed by atoms with Gasteiger partial charge in [0.25, 0.3) is 0 Å². The van der Waals surface area contributed by atoms with Gasteiger partial charge in [0, 0.05) is 23.2 Å². The van der Waals surface area contributed by atoms with Crippen molar-refractivity contribution in [3.63, 3.8) is 0 Å². The predicted molar refractivity (Wildman–Crippen MR) is 119 cm³/mol. The van der Waals surface area contributed by atoms with Crippen LogP contribution in [-0.4, -0.2) is 49.6 Å². The SMILES string of the molecule is Cc1c(-c2[nH]c3sc(C4CCN(C)CC4)nc3c2C(C)C)cn2ncnc2c1C. The van der Waals surface area contributed by atoms with Crippen LogP contribution in [0.25, 0.3) is 27.3 Å². The number of H-pyrrole nitrogens is 1. The van der Waals surface area contributed by atoms with Crippen LogP contribution in [-0.2, 0) is 0 Å². The number of aryl methyl sites for hydroxylation is 1. The first-order valence-electron chi connectivity index (χ1n) is 10.4. The lowest BCUT2D eigenvalue weighted by atomic mass is 9.95. The number of hydrogen-bond donors (Lipinski definition) is 1. The molecule has 0 bridgehead atoms. The van der Waals surface area contributed by atoms with Crippen molar-refractivity contribution in [2.45, 2.75) is 52.4 Å². The highest BCUT2D eigenvalue weighted by molar-refractivity contribution is 7.18. The normalized spacial score (nSPS) is 16.6. The molecule has 4 aromatic rings. The number of aromatic amines is 1. The predicted octanol–water partition coefficient (Wildman–Crippen LogP) is 4.88. The van der Waals surface area contributed by atoms with Crippen molar-refractivity contribution < 1.29 is 0 Å². The second-order valence-electron chi connectivity index (χ2n) is 8.70. The smallest absolute Gasteiger partial charge is 0.158 e. The van der Waals surface area contributed by atoms with E-state index in [4.69, 9.17) is 4.98 Å². The Balaban J connectivity index is 1.64. The highest BCUT2D eigenvalue weighted by atomic mass is 32.1. The Morgan fingerprint density at radius 1 is 1.17 bits per heavy atom. The van der Waals surface area contributed by atoms with Crippen molar-refractivity contribution in [1.82, 2.24) is 29.5 Å². The summed E-state index contributed by atoms with van der Waals surface area (Å²) in [5.41, 5.74) is 8.19. The molecule has 0 aromatic carbocycles. The van der Waals surface area contributed by atoms with E-state index in [9.17, 15) is 0 Å². The fourth-order valence-electron chi connectivity index (χ4n) is 4.56. The maximum Gasteiger partial charge on any atom is 0.158 e. The summed E-state index contributed by atoms with van der Waals surface area (Å²) in [6.45, 7) is 11.1. The number of aromatic nitrogens is 5. The third kappa shape index (κ3) is 2.99. The minimum Gasteiger partial charge on any atom is -0.345 e. The lowest BCUT2D eigenvalue weighted by Gasteiger charge is -2.27. The maximum atomic E-state index is 5.17. The Labute approximate surface area is 175 Å². The van der Waals surface area contributed by atoms with Crippen LogP contribution >= 0.6 is 11.3 Å². The van der Waals surface area contributed by atoms with Crippen molar-refractivity contribution in [3.8, 4) is 11.3 Å². The molecule has 0 unspecified atom stereocenters. The van der Waals surface area contributed by atoms with Crippen molar-refractivity contribution >= 4 is 27.3 Å². The van der Waals surface area contributed by atoms with E-state index in [0.29, 0.717) is 11.8 Å². The van der Waals surface area contributed by atoms with Crippen LogP contribution in [0.2, 0.25) is 0 Å². The molecule has 0 amide bonds. The van der Waals surface area contributed by atoms with Crippen LogP contribution in [0.4, 0.5) is 0 Å². The number of fused-ring (bicyclic) bond motifs is 2. The van der Waals surface area contributed by atoms with Gasteiger partial charge >= 0.3 is 0 Å². The van der Waals surface area contributed by atoms with Gasteiger partial charge in [-0.2, -0.15) is 5.10 Å². The van der Waals surface area contributed by atoms with Crippen molar-refractivity contribution in [1.29, 1.82) is 0 Å². The Morgan fingerprint density at radius 2 is 1.93 bits per heavy atom. The second-order valence-corrected chi connectivity index (χ2v) is 9.73. The van der Waals surface area contributed by atoms with Gasteiger partial charge in [0.15, 0.2) is 5.65 Å². The standard InChI is InChI=1S/C22H28N6S/c1-12(2)17-18(16-10-28-20(23-11-24-28)14(4)13(16)3)25-22-19(17)26-21(29-22)15-6-8-27(5)9-7-15/h10-12,15,25H,6-9H2,1-5H3. The summed E-state index contributed by atoms with van der Waals surface area (Å²) in [5, 5.41) is 5.68. The summed E-state index contributed by atoms with van der Waals surface area (Å²) in [4.78, 5) is 16.9. The van der Waals surface area contributed by atoms with E-state index in [-0.39, 0.29) is 0 Å². The van der Waals surface area contributed by atoms with Gasteiger partial charge in [-0.25, -0.2) is 14.5 Å². The number of nitrogens with one attached hydrogen (secondary N) is 1. The molecule has 0 spiro atoms. The van der Waals surface area contributed by atoms with Crippen molar-refractivity contribution in [3.05, 3.63) is 34.2 Å². The molecule has 29 heavy (non-hydrogen) atoms. The molecule has 6 nitrogen and oxygen atoms in total. The molecule has 1 fully saturated rings. The van der Waals surface area contributed by atoms with E-state index in [1.54, 1.807) is 6.33 Å². The molecule has 0 aliphatic carbocycles. The summed E-state index contributed by atoms with van der Waals surface area (Å²) in [5.74, 6) is 0.980. The molecule has 5 heterocycles. The fourth-order valence-corrected chi connectivity index (χ4v) is 5.72. The topological polar surface area (TPSA) is 62.1 Å². The zero-order valence-corrected chi connectivity index (χ0v) is 18.6. The van der Waals surface area contributed by atoms with E-state index < -0.39 is 0 Å². The fraction of sp³-hybridized carbons (Fsp3) is 0.500. The third-order valence-corrected chi connectivity index (χ3v) is 7.58.